The van der Waals surface area contributed by atoms with E-state index >= 15 is 0 Å². The van der Waals surface area contributed by atoms with Crippen molar-refractivity contribution in [3.05, 3.63) is 24.3 Å². The van der Waals surface area contributed by atoms with Crippen molar-refractivity contribution < 1.29 is 13.5 Å². The maximum atomic E-state index is 12.6. The van der Waals surface area contributed by atoms with Gasteiger partial charge in [0, 0.05) is 12.1 Å². The maximum Gasteiger partial charge on any atom is 0.178 e. The highest BCUT2D eigenvalue weighted by Gasteiger charge is 2.28. The number of phenolic OH excluding ortho intramolecular Hbond substituents is 1. The molecule has 0 bridgehead atoms. The molecule has 3 rings (SSSR count). The predicted octanol–water partition coefficient (Wildman–Crippen LogP) is 4.52. The lowest BCUT2D eigenvalue weighted by Gasteiger charge is -2.41. The van der Waals surface area contributed by atoms with Gasteiger partial charge in [0.15, 0.2) is 9.84 Å². The van der Waals surface area contributed by atoms with Gasteiger partial charge in [-0.2, -0.15) is 0 Å². The van der Waals surface area contributed by atoms with E-state index in [2.05, 4.69) is 4.90 Å². The van der Waals surface area contributed by atoms with Gasteiger partial charge in [0.1, 0.15) is 5.75 Å². The summed E-state index contributed by atoms with van der Waals surface area (Å²) in [6.07, 6.45) is 13.8. The van der Waals surface area contributed by atoms with E-state index in [0.717, 1.165) is 6.54 Å². The predicted molar refractivity (Wildman–Crippen MR) is 105 cm³/mol. The Kier molecular flexibility index (Phi) is 6.98. The van der Waals surface area contributed by atoms with Gasteiger partial charge in [-0.3, -0.25) is 4.90 Å². The minimum absolute atomic E-state index is 0.102. The number of hydrogen-bond donors (Lipinski definition) is 1. The normalized spacial score (nSPS) is 20.5. The summed E-state index contributed by atoms with van der Waals surface area (Å²) in [6, 6.07) is 7.22. The zero-order valence-corrected chi connectivity index (χ0v) is 16.6. The molecule has 0 aromatic heterocycles. The minimum Gasteiger partial charge on any atom is -0.508 e. The van der Waals surface area contributed by atoms with Crippen LogP contribution in [0, 0.1) is 0 Å². The monoisotopic (exact) mass is 379 g/mol. The molecule has 4 nitrogen and oxygen atoms in total. The van der Waals surface area contributed by atoms with E-state index in [4.69, 9.17) is 0 Å². The summed E-state index contributed by atoms with van der Waals surface area (Å²) in [4.78, 5) is 2.99. The van der Waals surface area contributed by atoms with Crippen molar-refractivity contribution in [2.45, 2.75) is 87.6 Å². The van der Waals surface area contributed by atoms with Crippen LogP contribution in [0.15, 0.2) is 29.2 Å². The van der Waals surface area contributed by atoms with Crippen LogP contribution in [0.3, 0.4) is 0 Å². The van der Waals surface area contributed by atoms with Crippen LogP contribution in [0.5, 0.6) is 5.75 Å². The Balaban J connectivity index is 1.60. The molecule has 5 heteroatoms. The van der Waals surface area contributed by atoms with Gasteiger partial charge in [-0.05, 0) is 62.9 Å². The first-order valence-corrected chi connectivity index (χ1v) is 12.0. The molecule has 0 amide bonds. The van der Waals surface area contributed by atoms with E-state index in [1.807, 2.05) is 0 Å². The molecule has 0 aliphatic heterocycles. The van der Waals surface area contributed by atoms with Crippen molar-refractivity contribution >= 4 is 9.84 Å². The fourth-order valence-corrected chi connectivity index (χ4v) is 5.99. The molecule has 1 aromatic rings. The Labute approximate surface area is 158 Å². The summed E-state index contributed by atoms with van der Waals surface area (Å²) >= 11 is 0. The molecule has 1 aromatic carbocycles. The van der Waals surface area contributed by atoms with E-state index in [0.29, 0.717) is 23.4 Å². The SMILES string of the molecule is O=S(=O)(CCCN(C1CCCCC1)C1CCCCC1)c1ccc(O)cc1. The first-order valence-electron chi connectivity index (χ1n) is 10.3. The van der Waals surface area contributed by atoms with Gasteiger partial charge >= 0.3 is 0 Å². The van der Waals surface area contributed by atoms with Crippen molar-refractivity contribution in [3.8, 4) is 5.75 Å². The molecule has 0 atom stereocenters. The lowest BCUT2D eigenvalue weighted by atomic mass is 9.88. The van der Waals surface area contributed by atoms with Crippen molar-refractivity contribution in [1.82, 2.24) is 4.90 Å². The molecule has 2 saturated carbocycles. The van der Waals surface area contributed by atoms with Crippen molar-refractivity contribution in [3.63, 3.8) is 0 Å². The molecule has 1 N–H and O–H groups in total. The number of benzene rings is 1. The third kappa shape index (κ3) is 5.23. The lowest BCUT2D eigenvalue weighted by molar-refractivity contribution is 0.0812. The van der Waals surface area contributed by atoms with Crippen LogP contribution >= 0.6 is 0 Å². The lowest BCUT2D eigenvalue weighted by Crippen LogP contribution is -2.46. The smallest absolute Gasteiger partial charge is 0.178 e. The zero-order valence-electron chi connectivity index (χ0n) is 15.8. The first kappa shape index (κ1) is 19.7. The molecule has 2 aliphatic rings. The summed E-state index contributed by atoms with van der Waals surface area (Å²) < 4.78 is 25.2. The van der Waals surface area contributed by atoms with Gasteiger partial charge in [0.25, 0.3) is 0 Å². The van der Waals surface area contributed by atoms with E-state index in [-0.39, 0.29) is 11.5 Å². The first-order chi connectivity index (χ1) is 12.6. The summed E-state index contributed by atoms with van der Waals surface area (Å²) in [5, 5.41) is 9.36. The summed E-state index contributed by atoms with van der Waals surface area (Å²) in [5.41, 5.74) is 0. The van der Waals surface area contributed by atoms with Crippen molar-refractivity contribution in [2.75, 3.05) is 12.3 Å². The molecule has 0 unspecified atom stereocenters. The molecule has 0 heterocycles. The van der Waals surface area contributed by atoms with Crippen LogP contribution in [-0.4, -0.2) is 42.8 Å². The third-order valence-electron chi connectivity index (χ3n) is 6.11. The summed E-state index contributed by atoms with van der Waals surface area (Å²) in [5.74, 6) is 0.290. The van der Waals surface area contributed by atoms with Crippen molar-refractivity contribution in [1.29, 1.82) is 0 Å². The molecular weight excluding hydrogens is 346 g/mol. The van der Waals surface area contributed by atoms with E-state index in [1.54, 1.807) is 0 Å². The topological polar surface area (TPSA) is 57.6 Å². The minimum atomic E-state index is -3.27. The number of sulfone groups is 1. The molecule has 146 valence electrons. The highest BCUT2D eigenvalue weighted by molar-refractivity contribution is 7.91. The number of nitrogens with zero attached hydrogens (tertiary/aromatic N) is 1. The van der Waals surface area contributed by atoms with Crippen LogP contribution in [0.1, 0.15) is 70.6 Å². The summed E-state index contributed by atoms with van der Waals surface area (Å²) in [6.45, 7) is 0.895. The van der Waals surface area contributed by atoms with Crippen LogP contribution in [0.4, 0.5) is 0 Å². The average molecular weight is 380 g/mol. The van der Waals surface area contributed by atoms with Crippen LogP contribution < -0.4 is 0 Å². The number of rotatable bonds is 7. The molecule has 2 aliphatic carbocycles. The van der Waals surface area contributed by atoms with E-state index in [1.165, 1.54) is 88.5 Å². The second kappa shape index (κ2) is 9.23. The maximum absolute atomic E-state index is 12.6. The number of hydrogen-bond acceptors (Lipinski definition) is 4. The quantitative estimate of drug-likeness (QED) is 0.756. The highest BCUT2D eigenvalue weighted by atomic mass is 32.2. The second-order valence-corrected chi connectivity index (χ2v) is 10.1. The molecule has 0 saturated heterocycles. The second-order valence-electron chi connectivity index (χ2n) is 7.99. The Hall–Kier alpha value is -1.07. The van der Waals surface area contributed by atoms with Gasteiger partial charge in [-0.1, -0.05) is 38.5 Å². The molecule has 0 spiro atoms. The standard InChI is InChI=1S/C21H33NO3S/c23-20-12-14-21(15-13-20)26(24,25)17-7-16-22(18-8-3-1-4-9-18)19-10-5-2-6-11-19/h12-15,18-19,23H,1-11,16-17H2. The summed E-state index contributed by atoms with van der Waals surface area (Å²) in [7, 11) is -3.27. The Bertz CT molecular complexity index is 626. The zero-order chi connectivity index (χ0) is 18.4. The van der Waals surface area contributed by atoms with Gasteiger partial charge in [0.05, 0.1) is 10.6 Å². The fraction of sp³-hybridized carbons (Fsp3) is 0.714. The van der Waals surface area contributed by atoms with Gasteiger partial charge in [-0.15, -0.1) is 0 Å². The van der Waals surface area contributed by atoms with Crippen LogP contribution in [0.25, 0.3) is 0 Å². The number of aromatic hydroxyl groups is 1. The van der Waals surface area contributed by atoms with Gasteiger partial charge in [-0.25, -0.2) is 8.42 Å². The van der Waals surface area contributed by atoms with Crippen LogP contribution in [-0.2, 0) is 9.84 Å². The van der Waals surface area contributed by atoms with Crippen LogP contribution in [0.2, 0.25) is 0 Å². The Morgan fingerprint density at radius 2 is 1.35 bits per heavy atom. The Morgan fingerprint density at radius 3 is 1.85 bits per heavy atom. The average Bonchev–Trinajstić information content (AvgIpc) is 2.67. The Morgan fingerprint density at radius 1 is 0.846 bits per heavy atom. The van der Waals surface area contributed by atoms with Crippen molar-refractivity contribution in [2.24, 2.45) is 0 Å². The van der Waals surface area contributed by atoms with Gasteiger partial charge in [0.2, 0.25) is 0 Å². The van der Waals surface area contributed by atoms with E-state index in [9.17, 15) is 13.5 Å². The molecule has 26 heavy (non-hydrogen) atoms. The number of phenols is 1. The molecular formula is C21H33NO3S. The largest absolute Gasteiger partial charge is 0.508 e. The molecule has 2 fully saturated rings. The highest BCUT2D eigenvalue weighted by Crippen LogP contribution is 2.30. The third-order valence-corrected chi connectivity index (χ3v) is 7.93. The molecule has 0 radical (unpaired) electrons. The fourth-order valence-electron chi connectivity index (χ4n) is 4.70. The van der Waals surface area contributed by atoms with Gasteiger partial charge < -0.3 is 5.11 Å². The van der Waals surface area contributed by atoms with E-state index < -0.39 is 9.84 Å².